The van der Waals surface area contributed by atoms with E-state index in [1.54, 1.807) is 0 Å². The molecule has 0 spiro atoms. The van der Waals surface area contributed by atoms with Gasteiger partial charge < -0.3 is 15.2 Å². The Morgan fingerprint density at radius 1 is 1.29 bits per heavy atom. The molecule has 0 saturated heterocycles. The summed E-state index contributed by atoms with van der Waals surface area (Å²) in [5.74, 6) is 0.936. The number of aryl methyl sites for hydroxylation is 1. The summed E-state index contributed by atoms with van der Waals surface area (Å²) in [7, 11) is 0. The van der Waals surface area contributed by atoms with Crippen LogP contribution in [0.3, 0.4) is 0 Å². The third-order valence-electron chi connectivity index (χ3n) is 3.85. The van der Waals surface area contributed by atoms with Crippen LogP contribution in [0.2, 0.25) is 0 Å². The monoisotopic (exact) mass is 290 g/mol. The molecule has 0 fully saturated rings. The van der Waals surface area contributed by atoms with Gasteiger partial charge in [-0.1, -0.05) is 24.3 Å². The van der Waals surface area contributed by atoms with Crippen molar-refractivity contribution in [2.75, 3.05) is 19.8 Å². The van der Waals surface area contributed by atoms with Crippen LogP contribution in [0.1, 0.15) is 43.7 Å². The number of aliphatic imine (C=N–C) groups is 1. The van der Waals surface area contributed by atoms with E-state index in [1.807, 2.05) is 13.8 Å². The zero-order valence-electron chi connectivity index (χ0n) is 13.0. The van der Waals surface area contributed by atoms with Crippen molar-refractivity contribution < 1.29 is 9.47 Å². The Bertz CT molecular complexity index is 468. The predicted octanol–water partition coefficient (Wildman–Crippen LogP) is 2.86. The van der Waals surface area contributed by atoms with Crippen LogP contribution in [0.5, 0.6) is 0 Å². The lowest BCUT2D eigenvalue weighted by molar-refractivity contribution is -0.128. The Labute approximate surface area is 127 Å². The number of nitrogens with zero attached hydrogens (tertiary/aromatic N) is 1. The SMILES string of the molecule is CCOC(CN=C(N)C1CCCc2ccccc21)OCC. The molecular formula is C17H26N2O2. The lowest BCUT2D eigenvalue weighted by Crippen LogP contribution is -2.28. The van der Waals surface area contributed by atoms with Crippen molar-refractivity contribution in [1.82, 2.24) is 0 Å². The van der Waals surface area contributed by atoms with Gasteiger partial charge in [0.25, 0.3) is 0 Å². The zero-order chi connectivity index (χ0) is 15.1. The summed E-state index contributed by atoms with van der Waals surface area (Å²) < 4.78 is 11.0. The molecule has 1 unspecified atom stereocenters. The van der Waals surface area contributed by atoms with Crippen LogP contribution < -0.4 is 5.73 Å². The van der Waals surface area contributed by atoms with Crippen LogP contribution in [0.15, 0.2) is 29.3 Å². The summed E-state index contributed by atoms with van der Waals surface area (Å²) in [6, 6.07) is 8.53. The van der Waals surface area contributed by atoms with Crippen molar-refractivity contribution in [3.05, 3.63) is 35.4 Å². The van der Waals surface area contributed by atoms with E-state index in [0.29, 0.717) is 25.6 Å². The predicted molar refractivity (Wildman–Crippen MR) is 85.7 cm³/mol. The van der Waals surface area contributed by atoms with Crippen molar-refractivity contribution in [3.8, 4) is 0 Å². The van der Waals surface area contributed by atoms with Crippen molar-refractivity contribution >= 4 is 5.84 Å². The number of nitrogens with two attached hydrogens (primary N) is 1. The van der Waals surface area contributed by atoms with Gasteiger partial charge in [-0.3, -0.25) is 4.99 Å². The maximum Gasteiger partial charge on any atom is 0.176 e. The molecule has 1 atom stereocenters. The Hall–Kier alpha value is -1.39. The van der Waals surface area contributed by atoms with Gasteiger partial charge in [-0.2, -0.15) is 0 Å². The van der Waals surface area contributed by atoms with E-state index in [0.717, 1.165) is 19.3 Å². The highest BCUT2D eigenvalue weighted by Crippen LogP contribution is 2.31. The number of amidine groups is 1. The molecule has 0 heterocycles. The Morgan fingerprint density at radius 3 is 2.71 bits per heavy atom. The van der Waals surface area contributed by atoms with Crippen LogP contribution in [0, 0.1) is 0 Å². The summed E-state index contributed by atoms with van der Waals surface area (Å²) in [5, 5.41) is 0. The van der Waals surface area contributed by atoms with E-state index in [2.05, 4.69) is 29.3 Å². The highest BCUT2D eigenvalue weighted by atomic mass is 16.7. The average molecular weight is 290 g/mol. The molecule has 4 nitrogen and oxygen atoms in total. The van der Waals surface area contributed by atoms with E-state index in [4.69, 9.17) is 15.2 Å². The molecule has 1 aromatic carbocycles. The molecular weight excluding hydrogens is 264 g/mol. The molecule has 2 N–H and O–H groups in total. The van der Waals surface area contributed by atoms with E-state index in [1.165, 1.54) is 11.1 Å². The molecule has 0 saturated carbocycles. The molecule has 116 valence electrons. The molecule has 0 aromatic heterocycles. The minimum absolute atomic E-state index is 0.235. The molecule has 1 aliphatic carbocycles. The molecule has 1 aromatic rings. The van der Waals surface area contributed by atoms with Gasteiger partial charge in [0.2, 0.25) is 0 Å². The van der Waals surface area contributed by atoms with Gasteiger partial charge in [-0.05, 0) is 44.2 Å². The fourth-order valence-corrected chi connectivity index (χ4v) is 2.88. The summed E-state index contributed by atoms with van der Waals surface area (Å²) in [6.07, 6.45) is 3.08. The highest BCUT2D eigenvalue weighted by molar-refractivity contribution is 5.88. The summed E-state index contributed by atoms with van der Waals surface area (Å²) in [4.78, 5) is 4.53. The number of hydrogen-bond acceptors (Lipinski definition) is 3. The Balaban J connectivity index is 2.05. The minimum Gasteiger partial charge on any atom is -0.387 e. The van der Waals surface area contributed by atoms with Gasteiger partial charge in [0.1, 0.15) is 5.84 Å². The second-order valence-corrected chi connectivity index (χ2v) is 5.25. The topological polar surface area (TPSA) is 56.8 Å². The summed E-state index contributed by atoms with van der Waals surface area (Å²) in [5.41, 5.74) is 8.97. The Kier molecular flexibility index (Phi) is 6.21. The summed E-state index contributed by atoms with van der Waals surface area (Å²) in [6.45, 7) is 5.61. The lowest BCUT2D eigenvalue weighted by Gasteiger charge is -2.25. The van der Waals surface area contributed by atoms with Crippen molar-refractivity contribution in [3.63, 3.8) is 0 Å². The van der Waals surface area contributed by atoms with Gasteiger partial charge in [-0.15, -0.1) is 0 Å². The van der Waals surface area contributed by atoms with E-state index in [9.17, 15) is 0 Å². The molecule has 0 radical (unpaired) electrons. The fourth-order valence-electron chi connectivity index (χ4n) is 2.88. The van der Waals surface area contributed by atoms with Crippen LogP contribution in [0.4, 0.5) is 0 Å². The van der Waals surface area contributed by atoms with Crippen LogP contribution in [-0.2, 0) is 15.9 Å². The first-order chi connectivity index (χ1) is 10.3. The van der Waals surface area contributed by atoms with Gasteiger partial charge in [0.05, 0.1) is 6.54 Å². The second-order valence-electron chi connectivity index (χ2n) is 5.25. The number of ether oxygens (including phenoxy) is 2. The minimum atomic E-state index is -0.294. The number of rotatable bonds is 7. The first-order valence-corrected chi connectivity index (χ1v) is 7.87. The first kappa shape index (κ1) is 16.0. The largest absolute Gasteiger partial charge is 0.387 e. The standard InChI is InChI=1S/C17H26N2O2/c1-3-20-16(21-4-2)12-19-17(18)15-11-7-9-13-8-5-6-10-14(13)15/h5-6,8,10,15-16H,3-4,7,9,11-12H2,1-2H3,(H2,18,19). The lowest BCUT2D eigenvalue weighted by atomic mass is 9.82. The molecule has 0 bridgehead atoms. The average Bonchev–Trinajstić information content (AvgIpc) is 2.52. The van der Waals surface area contributed by atoms with Crippen molar-refractivity contribution in [2.45, 2.75) is 45.3 Å². The van der Waals surface area contributed by atoms with Gasteiger partial charge in [0, 0.05) is 19.1 Å². The van der Waals surface area contributed by atoms with Gasteiger partial charge in [-0.25, -0.2) is 0 Å². The molecule has 1 aliphatic rings. The third-order valence-corrected chi connectivity index (χ3v) is 3.85. The number of hydrogen-bond donors (Lipinski definition) is 1. The molecule has 4 heteroatoms. The zero-order valence-corrected chi connectivity index (χ0v) is 13.0. The highest BCUT2D eigenvalue weighted by Gasteiger charge is 2.23. The van der Waals surface area contributed by atoms with Crippen LogP contribution in [-0.4, -0.2) is 31.9 Å². The van der Waals surface area contributed by atoms with Crippen LogP contribution in [0.25, 0.3) is 0 Å². The quantitative estimate of drug-likeness (QED) is 0.477. The molecule has 0 aliphatic heterocycles. The first-order valence-electron chi connectivity index (χ1n) is 7.87. The summed E-state index contributed by atoms with van der Waals surface area (Å²) >= 11 is 0. The van der Waals surface area contributed by atoms with Crippen molar-refractivity contribution in [2.24, 2.45) is 10.7 Å². The second kappa shape index (κ2) is 8.15. The maximum absolute atomic E-state index is 6.24. The van der Waals surface area contributed by atoms with Crippen LogP contribution >= 0.6 is 0 Å². The van der Waals surface area contributed by atoms with Crippen molar-refractivity contribution in [1.29, 1.82) is 0 Å². The number of benzene rings is 1. The Morgan fingerprint density at radius 2 is 2.00 bits per heavy atom. The molecule has 0 amide bonds. The van der Waals surface area contributed by atoms with E-state index in [-0.39, 0.29) is 12.2 Å². The molecule has 2 rings (SSSR count). The third kappa shape index (κ3) is 4.29. The number of fused-ring (bicyclic) bond motifs is 1. The van der Waals surface area contributed by atoms with Gasteiger partial charge >= 0.3 is 0 Å². The fraction of sp³-hybridized carbons (Fsp3) is 0.588. The van der Waals surface area contributed by atoms with E-state index >= 15 is 0 Å². The van der Waals surface area contributed by atoms with Gasteiger partial charge in [0.15, 0.2) is 6.29 Å². The normalized spacial score (nSPS) is 18.8. The smallest absolute Gasteiger partial charge is 0.176 e. The maximum atomic E-state index is 6.24. The van der Waals surface area contributed by atoms with E-state index < -0.39 is 0 Å². The molecule has 21 heavy (non-hydrogen) atoms.